The Balaban J connectivity index is 1.61. The van der Waals surface area contributed by atoms with Crippen molar-refractivity contribution in [3.05, 3.63) is 83.4 Å². The summed E-state index contributed by atoms with van der Waals surface area (Å²) in [5.41, 5.74) is 2.65. The summed E-state index contributed by atoms with van der Waals surface area (Å²) in [6.07, 6.45) is 0.150. The highest BCUT2D eigenvalue weighted by Crippen LogP contribution is 2.22. The molecule has 0 saturated heterocycles. The monoisotopic (exact) mass is 360 g/mol. The minimum Gasteiger partial charge on any atom is -0.457 e. The van der Waals surface area contributed by atoms with E-state index < -0.39 is 5.97 Å². The number of esters is 1. The third-order valence-electron chi connectivity index (χ3n) is 4.65. The number of ketones is 1. The lowest BCUT2D eigenvalue weighted by molar-refractivity contribution is -0.141. The fourth-order valence-corrected chi connectivity index (χ4v) is 3.04. The van der Waals surface area contributed by atoms with Gasteiger partial charge in [0.05, 0.1) is 6.42 Å². The second-order valence-electron chi connectivity index (χ2n) is 7.73. The summed E-state index contributed by atoms with van der Waals surface area (Å²) >= 11 is 0. The Morgan fingerprint density at radius 3 is 2.22 bits per heavy atom. The molecule has 0 bridgehead atoms. The van der Waals surface area contributed by atoms with Crippen molar-refractivity contribution in [3.8, 4) is 0 Å². The summed E-state index contributed by atoms with van der Waals surface area (Å²) in [5, 5.41) is 2.11. The van der Waals surface area contributed by atoms with E-state index in [0.29, 0.717) is 5.56 Å². The SMILES string of the molecule is CC(C)(C)c1ccc(C(=O)COC(=O)Cc2cccc3ccccc23)cc1. The molecule has 3 nitrogen and oxygen atoms in total. The van der Waals surface area contributed by atoms with Crippen LogP contribution in [0.25, 0.3) is 10.8 Å². The Morgan fingerprint density at radius 1 is 0.852 bits per heavy atom. The van der Waals surface area contributed by atoms with Crippen molar-refractivity contribution >= 4 is 22.5 Å². The van der Waals surface area contributed by atoms with Crippen LogP contribution in [-0.4, -0.2) is 18.4 Å². The van der Waals surface area contributed by atoms with E-state index in [0.717, 1.165) is 21.9 Å². The molecule has 138 valence electrons. The zero-order valence-electron chi connectivity index (χ0n) is 16.0. The molecule has 0 heterocycles. The van der Waals surface area contributed by atoms with Gasteiger partial charge >= 0.3 is 5.97 Å². The molecule has 0 spiro atoms. The molecule has 0 fully saturated rings. The first kappa shape index (κ1) is 18.8. The minimum absolute atomic E-state index is 0.0342. The van der Waals surface area contributed by atoms with Crippen LogP contribution in [0.4, 0.5) is 0 Å². The predicted octanol–water partition coefficient (Wildman–Crippen LogP) is 5.11. The lowest BCUT2D eigenvalue weighted by atomic mass is 9.86. The normalized spacial score (nSPS) is 11.4. The van der Waals surface area contributed by atoms with Gasteiger partial charge in [-0.05, 0) is 27.3 Å². The van der Waals surface area contributed by atoms with Crippen LogP contribution < -0.4 is 0 Å². The highest BCUT2D eigenvalue weighted by atomic mass is 16.5. The number of fused-ring (bicyclic) bond motifs is 1. The van der Waals surface area contributed by atoms with Crippen LogP contribution in [0, 0.1) is 0 Å². The average Bonchev–Trinajstić information content (AvgIpc) is 2.66. The number of carbonyl (C=O) groups is 2. The number of hydrogen-bond donors (Lipinski definition) is 0. The number of carbonyl (C=O) groups excluding carboxylic acids is 2. The highest BCUT2D eigenvalue weighted by Gasteiger charge is 2.15. The smallest absolute Gasteiger partial charge is 0.310 e. The third kappa shape index (κ3) is 4.62. The predicted molar refractivity (Wildman–Crippen MR) is 108 cm³/mol. The van der Waals surface area contributed by atoms with E-state index in [2.05, 4.69) is 20.8 Å². The Kier molecular flexibility index (Phi) is 5.41. The Morgan fingerprint density at radius 2 is 1.52 bits per heavy atom. The highest BCUT2D eigenvalue weighted by molar-refractivity contribution is 5.98. The van der Waals surface area contributed by atoms with Gasteiger partial charge in [-0.1, -0.05) is 87.5 Å². The van der Waals surface area contributed by atoms with Gasteiger partial charge in [-0.2, -0.15) is 0 Å². The molecule has 0 saturated carbocycles. The van der Waals surface area contributed by atoms with E-state index in [9.17, 15) is 9.59 Å². The van der Waals surface area contributed by atoms with Crippen molar-refractivity contribution in [2.75, 3.05) is 6.61 Å². The lowest BCUT2D eigenvalue weighted by Crippen LogP contribution is -2.16. The zero-order valence-corrected chi connectivity index (χ0v) is 16.0. The molecule has 0 aliphatic carbocycles. The maximum absolute atomic E-state index is 12.3. The van der Waals surface area contributed by atoms with Gasteiger partial charge in [0.15, 0.2) is 12.4 Å². The topological polar surface area (TPSA) is 43.4 Å². The Bertz CT molecular complexity index is 958. The van der Waals surface area contributed by atoms with E-state index in [4.69, 9.17) is 4.74 Å². The second-order valence-corrected chi connectivity index (χ2v) is 7.73. The third-order valence-corrected chi connectivity index (χ3v) is 4.65. The van der Waals surface area contributed by atoms with Crippen LogP contribution in [0.2, 0.25) is 0 Å². The average molecular weight is 360 g/mol. The Hall–Kier alpha value is -2.94. The maximum Gasteiger partial charge on any atom is 0.310 e. The molecule has 0 amide bonds. The van der Waals surface area contributed by atoms with E-state index in [1.807, 2.05) is 54.6 Å². The van der Waals surface area contributed by atoms with Gasteiger partial charge in [-0.3, -0.25) is 9.59 Å². The van der Waals surface area contributed by atoms with Crippen LogP contribution in [0.5, 0.6) is 0 Å². The number of hydrogen-bond acceptors (Lipinski definition) is 3. The van der Waals surface area contributed by atoms with Crippen molar-refractivity contribution in [1.29, 1.82) is 0 Å². The molecule has 27 heavy (non-hydrogen) atoms. The molecule has 0 aromatic heterocycles. The van der Waals surface area contributed by atoms with Crippen LogP contribution >= 0.6 is 0 Å². The first-order valence-electron chi connectivity index (χ1n) is 9.10. The van der Waals surface area contributed by atoms with E-state index in [-0.39, 0.29) is 24.2 Å². The first-order valence-corrected chi connectivity index (χ1v) is 9.10. The van der Waals surface area contributed by atoms with Gasteiger partial charge in [0.25, 0.3) is 0 Å². The summed E-state index contributed by atoms with van der Waals surface area (Å²) in [7, 11) is 0. The Labute approximate surface area is 160 Å². The number of benzene rings is 3. The number of ether oxygens (including phenoxy) is 1. The van der Waals surface area contributed by atoms with Crippen LogP contribution in [0.3, 0.4) is 0 Å². The molecule has 3 aromatic carbocycles. The summed E-state index contributed by atoms with van der Waals surface area (Å²) in [5.74, 6) is -0.590. The molecule has 0 radical (unpaired) electrons. The molecule has 3 aromatic rings. The second kappa shape index (κ2) is 7.75. The maximum atomic E-state index is 12.3. The molecule has 3 rings (SSSR count). The van der Waals surface area contributed by atoms with Gasteiger partial charge in [0.2, 0.25) is 0 Å². The van der Waals surface area contributed by atoms with Crippen LogP contribution in [-0.2, 0) is 21.4 Å². The molecule has 0 atom stereocenters. The van der Waals surface area contributed by atoms with Gasteiger partial charge in [0.1, 0.15) is 0 Å². The molecule has 0 unspecified atom stereocenters. The van der Waals surface area contributed by atoms with Crippen molar-refractivity contribution in [1.82, 2.24) is 0 Å². The van der Waals surface area contributed by atoms with Crippen molar-refractivity contribution in [2.45, 2.75) is 32.6 Å². The summed E-state index contributed by atoms with van der Waals surface area (Å²) < 4.78 is 5.22. The molecule has 0 aliphatic heterocycles. The van der Waals surface area contributed by atoms with Crippen molar-refractivity contribution in [3.63, 3.8) is 0 Å². The molecular weight excluding hydrogens is 336 g/mol. The first-order chi connectivity index (χ1) is 12.8. The molecule has 0 aliphatic rings. The van der Waals surface area contributed by atoms with Crippen molar-refractivity contribution in [2.24, 2.45) is 0 Å². The van der Waals surface area contributed by atoms with Crippen LogP contribution in [0.1, 0.15) is 42.3 Å². The largest absolute Gasteiger partial charge is 0.457 e. The fraction of sp³-hybridized carbons (Fsp3) is 0.250. The van der Waals surface area contributed by atoms with Gasteiger partial charge < -0.3 is 4.74 Å². The number of rotatable bonds is 5. The van der Waals surface area contributed by atoms with Gasteiger partial charge in [0, 0.05) is 5.56 Å². The fourth-order valence-electron chi connectivity index (χ4n) is 3.04. The quantitative estimate of drug-likeness (QED) is 0.469. The van der Waals surface area contributed by atoms with Gasteiger partial charge in [-0.15, -0.1) is 0 Å². The van der Waals surface area contributed by atoms with E-state index in [1.54, 1.807) is 12.1 Å². The van der Waals surface area contributed by atoms with Crippen molar-refractivity contribution < 1.29 is 14.3 Å². The van der Waals surface area contributed by atoms with Gasteiger partial charge in [-0.25, -0.2) is 0 Å². The summed E-state index contributed by atoms with van der Waals surface area (Å²) in [4.78, 5) is 24.5. The summed E-state index contributed by atoms with van der Waals surface area (Å²) in [6.45, 7) is 6.13. The number of Topliss-reactive ketones (excluding diaryl/α,β-unsaturated/α-hetero) is 1. The molecular formula is C24H24O3. The lowest BCUT2D eigenvalue weighted by Gasteiger charge is -2.18. The molecule has 0 N–H and O–H groups in total. The zero-order chi connectivity index (χ0) is 19.4. The molecule has 3 heteroatoms. The minimum atomic E-state index is -0.397. The summed E-state index contributed by atoms with van der Waals surface area (Å²) in [6, 6.07) is 21.2. The van der Waals surface area contributed by atoms with E-state index in [1.165, 1.54) is 0 Å². The van der Waals surface area contributed by atoms with Crippen LogP contribution in [0.15, 0.2) is 66.7 Å². The van der Waals surface area contributed by atoms with E-state index >= 15 is 0 Å². The standard InChI is InChI=1S/C24H24O3/c1-24(2,3)20-13-11-18(12-14-20)22(25)16-27-23(26)15-19-9-6-8-17-7-4-5-10-21(17)19/h4-14H,15-16H2,1-3H3.